The van der Waals surface area contributed by atoms with Crippen molar-refractivity contribution in [3.8, 4) is 0 Å². The Bertz CT molecular complexity index is 453. The molecule has 5 N–H and O–H groups in total. The molecule has 1 aliphatic carbocycles. The van der Waals surface area contributed by atoms with E-state index in [2.05, 4.69) is 5.32 Å². The lowest BCUT2D eigenvalue weighted by molar-refractivity contribution is 0.0989. The summed E-state index contributed by atoms with van der Waals surface area (Å²) in [5.41, 5.74) is 11.8. The van der Waals surface area contributed by atoms with Crippen LogP contribution in [0.3, 0.4) is 0 Å². The maximum atomic E-state index is 11.2. The van der Waals surface area contributed by atoms with Crippen molar-refractivity contribution in [2.75, 3.05) is 5.32 Å². The zero-order valence-electron chi connectivity index (χ0n) is 8.69. The van der Waals surface area contributed by atoms with Gasteiger partial charge in [-0.1, -0.05) is 0 Å². The first-order valence-corrected chi connectivity index (χ1v) is 5.08. The Kier molecular flexibility index (Phi) is 2.52. The fraction of sp³-hybridized carbons (Fsp3) is 0.273. The predicted molar refractivity (Wildman–Crippen MR) is 60.1 cm³/mol. The van der Waals surface area contributed by atoms with Crippen molar-refractivity contribution in [1.82, 2.24) is 0 Å². The van der Waals surface area contributed by atoms with E-state index in [9.17, 15) is 9.59 Å². The van der Waals surface area contributed by atoms with E-state index in [1.165, 1.54) is 12.1 Å². The number of carbonyl (C=O) groups excluding carboxylic acids is 2. The van der Waals surface area contributed by atoms with Gasteiger partial charge in [0, 0.05) is 17.3 Å². The molecule has 0 radical (unpaired) electrons. The minimum Gasteiger partial charge on any atom is -0.382 e. The summed E-state index contributed by atoms with van der Waals surface area (Å²) in [5.74, 6) is -1.03. The molecule has 0 atom stereocenters. The highest BCUT2D eigenvalue weighted by molar-refractivity contribution is 6.01. The molecular formula is C11H13N3O2. The quantitative estimate of drug-likeness (QED) is 0.686. The molecule has 2 rings (SSSR count). The molecule has 0 spiro atoms. The Hall–Kier alpha value is -2.04. The molecule has 2 amide bonds. The van der Waals surface area contributed by atoms with Crippen molar-refractivity contribution in [1.29, 1.82) is 0 Å². The number of rotatable bonds is 4. The minimum atomic E-state index is -0.519. The summed E-state index contributed by atoms with van der Waals surface area (Å²) < 4.78 is 0. The Morgan fingerprint density at radius 1 is 1.19 bits per heavy atom. The zero-order valence-corrected chi connectivity index (χ0v) is 8.69. The van der Waals surface area contributed by atoms with E-state index in [1.807, 2.05) is 0 Å². The first-order chi connectivity index (χ1) is 7.58. The molecule has 84 valence electrons. The average molecular weight is 219 g/mol. The fourth-order valence-electron chi connectivity index (χ4n) is 1.48. The molecule has 1 fully saturated rings. The second-order valence-corrected chi connectivity index (χ2v) is 3.91. The number of nitrogens with two attached hydrogens (primary N) is 2. The smallest absolute Gasteiger partial charge is 0.250 e. The molecule has 0 unspecified atom stereocenters. The molecule has 0 heterocycles. The van der Waals surface area contributed by atoms with Gasteiger partial charge in [-0.25, -0.2) is 0 Å². The molecule has 1 aromatic carbocycles. The van der Waals surface area contributed by atoms with Crippen molar-refractivity contribution in [3.05, 3.63) is 29.3 Å². The largest absolute Gasteiger partial charge is 0.382 e. The number of nitrogens with one attached hydrogen (secondary N) is 1. The van der Waals surface area contributed by atoms with Crippen molar-refractivity contribution < 1.29 is 9.59 Å². The summed E-state index contributed by atoms with van der Waals surface area (Å²) in [5, 5.41) is 3.15. The van der Waals surface area contributed by atoms with E-state index in [1.54, 1.807) is 6.07 Å². The van der Waals surface area contributed by atoms with Crippen LogP contribution in [0.4, 0.5) is 5.69 Å². The van der Waals surface area contributed by atoms with E-state index in [-0.39, 0.29) is 0 Å². The van der Waals surface area contributed by atoms with Gasteiger partial charge in [-0.15, -0.1) is 0 Å². The molecule has 16 heavy (non-hydrogen) atoms. The summed E-state index contributed by atoms with van der Waals surface area (Å²) in [6.45, 7) is 0. The zero-order chi connectivity index (χ0) is 11.7. The van der Waals surface area contributed by atoms with Crippen molar-refractivity contribution in [2.24, 2.45) is 11.5 Å². The SMILES string of the molecule is NC(=O)c1ccc(C(N)=O)c(NC2CC2)c1. The topological polar surface area (TPSA) is 98.2 Å². The summed E-state index contributed by atoms with van der Waals surface area (Å²) in [4.78, 5) is 22.2. The van der Waals surface area contributed by atoms with Crippen LogP contribution in [-0.2, 0) is 0 Å². The van der Waals surface area contributed by atoms with Crippen LogP contribution in [0.15, 0.2) is 18.2 Å². The molecule has 1 aliphatic rings. The van der Waals surface area contributed by atoms with Crippen molar-refractivity contribution >= 4 is 17.5 Å². The number of hydrogen-bond donors (Lipinski definition) is 3. The Balaban J connectivity index is 2.37. The predicted octanol–water partition coefficient (Wildman–Crippen LogP) is 0.459. The molecule has 5 heteroatoms. The molecule has 0 aromatic heterocycles. The van der Waals surface area contributed by atoms with Gasteiger partial charge in [-0.2, -0.15) is 0 Å². The van der Waals surface area contributed by atoms with Crippen molar-refractivity contribution in [3.63, 3.8) is 0 Å². The number of primary amides is 2. The second-order valence-electron chi connectivity index (χ2n) is 3.91. The molecule has 0 saturated heterocycles. The van der Waals surface area contributed by atoms with Gasteiger partial charge < -0.3 is 16.8 Å². The highest BCUT2D eigenvalue weighted by Gasteiger charge is 2.23. The summed E-state index contributed by atoms with van der Waals surface area (Å²) in [6, 6.07) is 4.97. The van der Waals surface area contributed by atoms with Crippen LogP contribution < -0.4 is 16.8 Å². The van der Waals surface area contributed by atoms with Crippen LogP contribution in [0.25, 0.3) is 0 Å². The van der Waals surface area contributed by atoms with Gasteiger partial charge in [0.2, 0.25) is 5.91 Å². The Morgan fingerprint density at radius 2 is 1.88 bits per heavy atom. The summed E-state index contributed by atoms with van der Waals surface area (Å²) >= 11 is 0. The molecule has 0 aliphatic heterocycles. The van der Waals surface area contributed by atoms with Crippen LogP contribution in [0, 0.1) is 0 Å². The molecule has 1 aromatic rings. The molecule has 5 nitrogen and oxygen atoms in total. The van der Waals surface area contributed by atoms with Gasteiger partial charge in [0.15, 0.2) is 0 Å². The van der Waals surface area contributed by atoms with Crippen LogP contribution >= 0.6 is 0 Å². The number of anilines is 1. The van der Waals surface area contributed by atoms with Gasteiger partial charge in [-0.3, -0.25) is 9.59 Å². The normalized spacial score (nSPS) is 14.5. The van der Waals surface area contributed by atoms with Gasteiger partial charge in [0.1, 0.15) is 0 Å². The Morgan fingerprint density at radius 3 is 2.38 bits per heavy atom. The average Bonchev–Trinajstić information content (AvgIpc) is 3.01. The van der Waals surface area contributed by atoms with E-state index in [4.69, 9.17) is 11.5 Å². The fourth-order valence-corrected chi connectivity index (χ4v) is 1.48. The van der Waals surface area contributed by atoms with Gasteiger partial charge in [0.05, 0.1) is 5.56 Å². The highest BCUT2D eigenvalue weighted by atomic mass is 16.1. The summed E-state index contributed by atoms with van der Waals surface area (Å²) in [6.07, 6.45) is 2.14. The van der Waals surface area contributed by atoms with Crippen LogP contribution in [0.1, 0.15) is 33.6 Å². The van der Waals surface area contributed by atoms with Gasteiger partial charge in [0.25, 0.3) is 5.91 Å². The Labute approximate surface area is 92.8 Å². The van der Waals surface area contributed by atoms with E-state index < -0.39 is 11.8 Å². The maximum Gasteiger partial charge on any atom is 0.250 e. The van der Waals surface area contributed by atoms with Gasteiger partial charge in [-0.05, 0) is 31.0 Å². The van der Waals surface area contributed by atoms with E-state index >= 15 is 0 Å². The third-order valence-corrected chi connectivity index (χ3v) is 2.51. The number of carbonyl (C=O) groups is 2. The third kappa shape index (κ3) is 2.13. The molecular weight excluding hydrogens is 206 g/mol. The third-order valence-electron chi connectivity index (χ3n) is 2.51. The van der Waals surface area contributed by atoms with Crippen LogP contribution in [-0.4, -0.2) is 17.9 Å². The summed E-state index contributed by atoms with van der Waals surface area (Å²) in [7, 11) is 0. The standard InChI is InChI=1S/C11H13N3O2/c12-10(15)6-1-4-8(11(13)16)9(5-6)14-7-2-3-7/h1,4-5,7,14H,2-3H2,(H2,12,15)(H2,13,16). The van der Waals surface area contributed by atoms with Crippen LogP contribution in [0.5, 0.6) is 0 Å². The maximum absolute atomic E-state index is 11.2. The monoisotopic (exact) mass is 219 g/mol. The highest BCUT2D eigenvalue weighted by Crippen LogP contribution is 2.27. The van der Waals surface area contributed by atoms with E-state index in [0.717, 1.165) is 12.8 Å². The first kappa shape index (κ1) is 10.5. The van der Waals surface area contributed by atoms with E-state index in [0.29, 0.717) is 22.9 Å². The molecule has 1 saturated carbocycles. The second kappa shape index (κ2) is 3.84. The number of amides is 2. The van der Waals surface area contributed by atoms with Crippen LogP contribution in [0.2, 0.25) is 0 Å². The minimum absolute atomic E-state index is 0.369. The lowest BCUT2D eigenvalue weighted by atomic mass is 10.1. The first-order valence-electron chi connectivity index (χ1n) is 5.08. The van der Waals surface area contributed by atoms with Crippen molar-refractivity contribution in [2.45, 2.75) is 18.9 Å². The lowest BCUT2D eigenvalue weighted by Crippen LogP contribution is -2.17. The lowest BCUT2D eigenvalue weighted by Gasteiger charge is -2.10. The number of hydrogen-bond acceptors (Lipinski definition) is 3. The number of benzene rings is 1. The molecule has 0 bridgehead atoms. The van der Waals surface area contributed by atoms with Gasteiger partial charge >= 0.3 is 0 Å².